The maximum atomic E-state index is 13.1. The number of hydrogen-bond donors (Lipinski definition) is 2. The number of amides is 3. The normalized spacial score (nSPS) is 17.0. The molecule has 3 amide bonds. The molecule has 0 aromatic heterocycles. The monoisotopic (exact) mass is 525 g/mol. The highest BCUT2D eigenvalue weighted by atomic mass is 35.5. The van der Waals surface area contributed by atoms with E-state index >= 15 is 0 Å². The Morgan fingerprint density at radius 2 is 1.86 bits per heavy atom. The number of amidine groups is 2. The molecule has 0 saturated heterocycles. The van der Waals surface area contributed by atoms with Gasteiger partial charge in [0.05, 0.1) is 17.4 Å². The molecule has 4 rings (SSSR count). The van der Waals surface area contributed by atoms with Gasteiger partial charge < -0.3 is 10.6 Å². The summed E-state index contributed by atoms with van der Waals surface area (Å²) in [5, 5.41) is 6.36. The van der Waals surface area contributed by atoms with Gasteiger partial charge >= 0.3 is 0 Å². The van der Waals surface area contributed by atoms with Crippen molar-refractivity contribution in [2.75, 3.05) is 11.9 Å². The van der Waals surface area contributed by atoms with Gasteiger partial charge in [0, 0.05) is 22.8 Å². The smallest absolute Gasteiger partial charge is 0.271 e. The molecule has 2 heterocycles. The number of anilines is 1. The Kier molecular flexibility index (Phi) is 8.43. The zero-order valence-electron chi connectivity index (χ0n) is 20.2. The molecule has 0 saturated carbocycles. The molecule has 2 aliphatic rings. The summed E-state index contributed by atoms with van der Waals surface area (Å²) in [6.07, 6.45) is 2.32. The third kappa shape index (κ3) is 5.79. The topological polar surface area (TPSA) is 103 Å². The van der Waals surface area contributed by atoms with Crippen LogP contribution in [-0.4, -0.2) is 51.5 Å². The molecule has 2 N–H and O–H groups in total. The predicted octanol–water partition coefficient (Wildman–Crippen LogP) is 4.76. The quantitative estimate of drug-likeness (QED) is 0.460. The summed E-state index contributed by atoms with van der Waals surface area (Å²) >= 11 is 7.21. The second-order valence-electron chi connectivity index (χ2n) is 8.49. The number of carbonyl (C=O) groups excluding carboxylic acids is 3. The van der Waals surface area contributed by atoms with Crippen LogP contribution in [0.2, 0.25) is 5.02 Å². The van der Waals surface area contributed by atoms with Crippen LogP contribution >= 0.6 is 23.4 Å². The number of nitrogens with zero attached hydrogens (tertiary/aromatic N) is 3. The Morgan fingerprint density at radius 1 is 1.11 bits per heavy atom. The molecule has 2 aromatic carbocycles. The largest absolute Gasteiger partial charge is 0.356 e. The number of hydrogen-bond acceptors (Lipinski definition) is 6. The molecular formula is C26H28ClN5O3S. The Morgan fingerprint density at radius 3 is 2.58 bits per heavy atom. The number of carbonyl (C=O) groups is 3. The Hall–Kier alpha value is -3.17. The number of rotatable bonds is 9. The fourth-order valence-electron chi connectivity index (χ4n) is 3.94. The Balaban J connectivity index is 1.58. The van der Waals surface area contributed by atoms with E-state index in [0.717, 1.165) is 18.4 Å². The van der Waals surface area contributed by atoms with Gasteiger partial charge in [0.1, 0.15) is 11.9 Å². The van der Waals surface area contributed by atoms with Crippen LogP contribution in [0.4, 0.5) is 11.4 Å². The number of benzene rings is 2. The van der Waals surface area contributed by atoms with E-state index < -0.39 is 11.3 Å². The molecular weight excluding hydrogens is 498 g/mol. The molecule has 2 unspecified atom stereocenters. The van der Waals surface area contributed by atoms with Crippen LogP contribution in [0.1, 0.15) is 45.1 Å². The number of fused-ring (bicyclic) bond motifs is 3. The lowest BCUT2D eigenvalue weighted by Gasteiger charge is -2.32. The van der Waals surface area contributed by atoms with Crippen molar-refractivity contribution in [2.45, 2.75) is 50.8 Å². The minimum atomic E-state index is -0.807. The van der Waals surface area contributed by atoms with Gasteiger partial charge in [0.2, 0.25) is 11.8 Å². The molecule has 0 bridgehead atoms. The lowest BCUT2D eigenvalue weighted by molar-refractivity contribution is -0.126. The first-order valence-corrected chi connectivity index (χ1v) is 13.3. The molecule has 2 atom stereocenters. The molecule has 0 aliphatic carbocycles. The second kappa shape index (κ2) is 11.7. The molecule has 8 nitrogen and oxygen atoms in total. The van der Waals surface area contributed by atoms with E-state index in [9.17, 15) is 14.4 Å². The summed E-state index contributed by atoms with van der Waals surface area (Å²) < 4.78 is 0. The first kappa shape index (κ1) is 25.9. The molecule has 0 spiro atoms. The molecule has 36 heavy (non-hydrogen) atoms. The first-order chi connectivity index (χ1) is 17.4. The van der Waals surface area contributed by atoms with E-state index in [1.54, 1.807) is 29.2 Å². The third-order valence-corrected chi connectivity index (χ3v) is 7.44. The van der Waals surface area contributed by atoms with Crippen LogP contribution in [-0.2, 0) is 14.4 Å². The molecule has 0 radical (unpaired) electrons. The van der Waals surface area contributed by atoms with E-state index in [2.05, 4.69) is 15.6 Å². The van der Waals surface area contributed by atoms with E-state index in [4.69, 9.17) is 16.6 Å². The number of nitrogens with one attached hydrogen (secondary N) is 2. The van der Waals surface area contributed by atoms with Gasteiger partial charge in [-0.3, -0.25) is 19.3 Å². The van der Waals surface area contributed by atoms with Crippen LogP contribution in [0, 0.1) is 0 Å². The summed E-state index contributed by atoms with van der Waals surface area (Å²) in [4.78, 5) is 49.5. The first-order valence-electron chi connectivity index (χ1n) is 12.0. The fraction of sp³-hybridized carbons (Fsp3) is 0.346. The molecule has 2 aliphatic heterocycles. The maximum absolute atomic E-state index is 13.1. The van der Waals surface area contributed by atoms with Gasteiger partial charge in [-0.1, -0.05) is 55.8 Å². The number of para-hydroxylation sites is 1. The van der Waals surface area contributed by atoms with Crippen LogP contribution in [0.5, 0.6) is 0 Å². The zero-order valence-corrected chi connectivity index (χ0v) is 21.7. The Bertz CT molecular complexity index is 1210. The van der Waals surface area contributed by atoms with Crippen LogP contribution < -0.4 is 10.6 Å². The average molecular weight is 526 g/mol. The summed E-state index contributed by atoms with van der Waals surface area (Å²) in [6, 6.07) is 13.5. The zero-order chi connectivity index (χ0) is 25.7. The molecule has 188 valence electrons. The highest BCUT2D eigenvalue weighted by Gasteiger charge is 2.43. The van der Waals surface area contributed by atoms with Gasteiger partial charge in [0.15, 0.2) is 5.17 Å². The van der Waals surface area contributed by atoms with E-state index in [1.807, 2.05) is 38.1 Å². The van der Waals surface area contributed by atoms with E-state index in [1.165, 1.54) is 11.8 Å². The summed E-state index contributed by atoms with van der Waals surface area (Å²) in [5.74, 6) is -0.329. The van der Waals surface area contributed by atoms with Crippen molar-refractivity contribution in [1.82, 2.24) is 10.2 Å². The molecule has 0 fully saturated rings. The SMILES string of the molecule is CCCCNC(=O)CC1C(=O)N=C2c3ccccc3N=C(SC(CC)C(=O)Nc3ccc(Cl)cc3)N21. The van der Waals surface area contributed by atoms with Crippen molar-refractivity contribution < 1.29 is 14.4 Å². The van der Waals surface area contributed by atoms with Crippen molar-refractivity contribution in [1.29, 1.82) is 0 Å². The number of aliphatic imine (C=N–C) groups is 2. The summed E-state index contributed by atoms with van der Waals surface area (Å²) in [6.45, 7) is 4.52. The lowest BCUT2D eigenvalue weighted by Crippen LogP contribution is -2.46. The predicted molar refractivity (Wildman–Crippen MR) is 145 cm³/mol. The van der Waals surface area contributed by atoms with Gasteiger partial charge in [0.25, 0.3) is 5.91 Å². The third-order valence-electron chi connectivity index (χ3n) is 5.86. The van der Waals surface area contributed by atoms with Gasteiger partial charge in [-0.05, 0) is 49.2 Å². The van der Waals surface area contributed by atoms with Gasteiger partial charge in [-0.15, -0.1) is 0 Å². The summed E-state index contributed by atoms with van der Waals surface area (Å²) in [5.41, 5.74) is 2.03. The highest BCUT2D eigenvalue weighted by molar-refractivity contribution is 8.15. The van der Waals surface area contributed by atoms with Crippen LogP contribution in [0.25, 0.3) is 0 Å². The second-order valence-corrected chi connectivity index (χ2v) is 10.1. The maximum Gasteiger partial charge on any atom is 0.271 e. The summed E-state index contributed by atoms with van der Waals surface area (Å²) in [7, 11) is 0. The van der Waals surface area contributed by atoms with Crippen molar-refractivity contribution >= 4 is 63.5 Å². The fourth-order valence-corrected chi connectivity index (χ4v) is 5.13. The highest BCUT2D eigenvalue weighted by Crippen LogP contribution is 2.36. The van der Waals surface area contributed by atoms with E-state index in [0.29, 0.717) is 40.4 Å². The molecule has 10 heteroatoms. The lowest BCUT2D eigenvalue weighted by atomic mass is 10.1. The van der Waals surface area contributed by atoms with Crippen LogP contribution in [0.15, 0.2) is 58.5 Å². The molecule has 2 aromatic rings. The van der Waals surface area contributed by atoms with Crippen molar-refractivity contribution in [2.24, 2.45) is 9.98 Å². The van der Waals surface area contributed by atoms with Crippen LogP contribution in [0.3, 0.4) is 0 Å². The number of thioether (sulfide) groups is 1. The van der Waals surface area contributed by atoms with Gasteiger partial charge in [-0.25, -0.2) is 4.99 Å². The number of unbranched alkanes of at least 4 members (excludes halogenated alkanes) is 1. The van der Waals surface area contributed by atoms with Crippen molar-refractivity contribution in [3.05, 3.63) is 59.1 Å². The van der Waals surface area contributed by atoms with Gasteiger partial charge in [-0.2, -0.15) is 4.99 Å². The number of halogens is 1. The van der Waals surface area contributed by atoms with Crippen molar-refractivity contribution in [3.8, 4) is 0 Å². The minimum absolute atomic E-state index is 0.0366. The minimum Gasteiger partial charge on any atom is -0.356 e. The Labute approximate surface area is 219 Å². The standard InChI is InChI=1S/C26H28ClN5O3S/c1-3-5-14-28-22(33)15-20-24(34)31-23-18-8-6-7-9-19(18)30-26(32(20)23)36-21(4-2)25(35)29-17-12-10-16(27)11-13-17/h6-13,20-21H,3-5,14-15H2,1-2H3,(H,28,33)(H,29,35). The van der Waals surface area contributed by atoms with E-state index in [-0.39, 0.29) is 24.1 Å². The average Bonchev–Trinajstić information content (AvgIpc) is 3.20. The van der Waals surface area contributed by atoms with Crippen molar-refractivity contribution in [3.63, 3.8) is 0 Å².